The van der Waals surface area contributed by atoms with Crippen molar-refractivity contribution in [3.8, 4) is 5.75 Å². The first kappa shape index (κ1) is 19.6. The van der Waals surface area contributed by atoms with Gasteiger partial charge in [-0.2, -0.15) is 4.31 Å². The summed E-state index contributed by atoms with van der Waals surface area (Å²) in [4.78, 5) is 4.38. The molecule has 1 aromatic heterocycles. The Hall–Kier alpha value is -2.74. The standard InChI is InChI=1S/C22H20N2O3S2/c1-27-19-13-11-18(12-14-19)16-24(15-17-7-3-2-4-8-17)29(25,26)22-23-20-9-5-6-10-21(20)28-22/h2-14H,15-16H2,1H3. The lowest BCUT2D eigenvalue weighted by Crippen LogP contribution is -2.30. The minimum absolute atomic E-state index is 0.114. The number of rotatable bonds is 7. The van der Waals surface area contributed by atoms with E-state index in [4.69, 9.17) is 4.74 Å². The molecule has 7 heteroatoms. The first-order chi connectivity index (χ1) is 14.1. The monoisotopic (exact) mass is 424 g/mol. The molecule has 0 saturated heterocycles. The number of thiazole rings is 1. The zero-order valence-electron chi connectivity index (χ0n) is 15.9. The Balaban J connectivity index is 1.71. The number of nitrogens with zero attached hydrogens (tertiary/aromatic N) is 2. The molecule has 0 spiro atoms. The van der Waals surface area contributed by atoms with Gasteiger partial charge < -0.3 is 4.74 Å². The number of aromatic nitrogens is 1. The second-order valence-corrected chi connectivity index (χ2v) is 9.70. The highest BCUT2D eigenvalue weighted by Gasteiger charge is 2.28. The predicted octanol–water partition coefficient (Wildman–Crippen LogP) is 4.70. The maximum atomic E-state index is 13.5. The summed E-state index contributed by atoms with van der Waals surface area (Å²) in [7, 11) is -2.16. The molecular weight excluding hydrogens is 404 g/mol. The highest BCUT2D eigenvalue weighted by molar-refractivity contribution is 7.91. The number of ether oxygens (including phenoxy) is 1. The van der Waals surface area contributed by atoms with E-state index in [1.807, 2.05) is 78.9 Å². The number of para-hydroxylation sites is 1. The van der Waals surface area contributed by atoms with Crippen molar-refractivity contribution in [2.75, 3.05) is 7.11 Å². The third-order valence-corrected chi connectivity index (χ3v) is 7.74. The van der Waals surface area contributed by atoms with Crippen LogP contribution in [0, 0.1) is 0 Å². The highest BCUT2D eigenvalue weighted by Crippen LogP contribution is 2.29. The number of fused-ring (bicyclic) bond motifs is 1. The smallest absolute Gasteiger partial charge is 0.271 e. The van der Waals surface area contributed by atoms with Gasteiger partial charge in [-0.3, -0.25) is 0 Å². The van der Waals surface area contributed by atoms with Crippen molar-refractivity contribution in [3.63, 3.8) is 0 Å². The molecule has 0 aliphatic heterocycles. The molecule has 0 aliphatic rings. The van der Waals surface area contributed by atoms with E-state index in [-0.39, 0.29) is 17.4 Å². The first-order valence-corrected chi connectivity index (χ1v) is 11.3. The largest absolute Gasteiger partial charge is 0.497 e. The van der Waals surface area contributed by atoms with Gasteiger partial charge in [0.25, 0.3) is 10.0 Å². The van der Waals surface area contributed by atoms with Crippen molar-refractivity contribution >= 4 is 31.6 Å². The zero-order chi connectivity index (χ0) is 20.3. The summed E-state index contributed by atoms with van der Waals surface area (Å²) in [6.45, 7) is 0.516. The van der Waals surface area contributed by atoms with Gasteiger partial charge in [-0.05, 0) is 35.4 Å². The summed E-state index contributed by atoms with van der Waals surface area (Å²) in [5.41, 5.74) is 2.50. The lowest BCUT2D eigenvalue weighted by atomic mass is 10.2. The van der Waals surface area contributed by atoms with Gasteiger partial charge in [0.05, 0.1) is 17.3 Å². The molecule has 0 radical (unpaired) electrons. The summed E-state index contributed by atoms with van der Waals surface area (Å²) < 4.78 is 34.6. The molecular formula is C22H20N2O3S2. The molecule has 0 N–H and O–H groups in total. The van der Waals surface area contributed by atoms with E-state index < -0.39 is 10.0 Å². The minimum atomic E-state index is -3.77. The summed E-state index contributed by atoms with van der Waals surface area (Å²) in [6.07, 6.45) is 0. The minimum Gasteiger partial charge on any atom is -0.497 e. The summed E-state index contributed by atoms with van der Waals surface area (Å²) >= 11 is 1.20. The van der Waals surface area contributed by atoms with Crippen molar-refractivity contribution in [3.05, 3.63) is 90.0 Å². The van der Waals surface area contributed by atoms with Crippen LogP contribution < -0.4 is 4.74 Å². The van der Waals surface area contributed by atoms with Gasteiger partial charge in [0.1, 0.15) is 5.75 Å². The fourth-order valence-electron chi connectivity index (χ4n) is 3.02. The molecule has 0 amide bonds. The highest BCUT2D eigenvalue weighted by atomic mass is 32.2. The van der Waals surface area contributed by atoms with Crippen LogP contribution in [-0.2, 0) is 23.1 Å². The fraction of sp³-hybridized carbons (Fsp3) is 0.136. The van der Waals surface area contributed by atoms with Gasteiger partial charge >= 0.3 is 0 Å². The quantitative estimate of drug-likeness (QED) is 0.432. The van der Waals surface area contributed by atoms with E-state index in [1.165, 1.54) is 15.6 Å². The van der Waals surface area contributed by atoms with Crippen molar-refractivity contribution < 1.29 is 13.2 Å². The van der Waals surface area contributed by atoms with Crippen LogP contribution in [0.4, 0.5) is 0 Å². The second-order valence-electron chi connectivity index (χ2n) is 6.55. The van der Waals surface area contributed by atoms with Gasteiger partial charge in [0.15, 0.2) is 0 Å². The average Bonchev–Trinajstić information content (AvgIpc) is 3.20. The van der Waals surface area contributed by atoms with Crippen molar-refractivity contribution in [2.45, 2.75) is 17.4 Å². The molecule has 0 unspecified atom stereocenters. The lowest BCUT2D eigenvalue weighted by molar-refractivity contribution is 0.399. The molecule has 0 fully saturated rings. The third kappa shape index (κ3) is 4.32. The number of hydrogen-bond donors (Lipinski definition) is 0. The van der Waals surface area contributed by atoms with E-state index >= 15 is 0 Å². The summed E-state index contributed by atoms with van der Waals surface area (Å²) in [5, 5.41) is 0. The Kier molecular flexibility index (Phi) is 5.62. The third-order valence-electron chi connectivity index (χ3n) is 4.55. The average molecular weight is 425 g/mol. The van der Waals surface area contributed by atoms with Crippen LogP contribution in [0.3, 0.4) is 0 Å². The van der Waals surface area contributed by atoms with E-state index in [9.17, 15) is 8.42 Å². The maximum Gasteiger partial charge on any atom is 0.271 e. The van der Waals surface area contributed by atoms with Gasteiger partial charge in [-0.15, -0.1) is 11.3 Å². The molecule has 3 aromatic carbocycles. The van der Waals surface area contributed by atoms with Crippen LogP contribution in [0.25, 0.3) is 10.2 Å². The molecule has 4 aromatic rings. The van der Waals surface area contributed by atoms with Crippen LogP contribution in [-0.4, -0.2) is 24.8 Å². The Labute approximate surface area is 174 Å². The Bertz CT molecular complexity index is 1170. The lowest BCUT2D eigenvalue weighted by Gasteiger charge is -2.21. The Morgan fingerprint density at radius 2 is 1.48 bits per heavy atom. The number of sulfonamides is 1. The van der Waals surface area contributed by atoms with Crippen LogP contribution in [0.5, 0.6) is 5.75 Å². The molecule has 0 bridgehead atoms. The van der Waals surface area contributed by atoms with Gasteiger partial charge in [0, 0.05) is 13.1 Å². The Morgan fingerprint density at radius 1 is 0.862 bits per heavy atom. The molecule has 0 saturated carbocycles. The normalized spacial score (nSPS) is 11.8. The van der Waals surface area contributed by atoms with Gasteiger partial charge in [0.2, 0.25) is 4.34 Å². The molecule has 29 heavy (non-hydrogen) atoms. The maximum absolute atomic E-state index is 13.5. The van der Waals surface area contributed by atoms with Crippen LogP contribution in [0.15, 0.2) is 83.2 Å². The van der Waals surface area contributed by atoms with Gasteiger partial charge in [-0.1, -0.05) is 54.6 Å². The van der Waals surface area contributed by atoms with E-state index in [1.54, 1.807) is 7.11 Å². The van der Waals surface area contributed by atoms with Crippen molar-refractivity contribution in [1.82, 2.24) is 9.29 Å². The summed E-state index contributed by atoms with van der Waals surface area (Å²) in [5.74, 6) is 0.734. The molecule has 5 nitrogen and oxygen atoms in total. The SMILES string of the molecule is COc1ccc(CN(Cc2ccccc2)S(=O)(=O)c2nc3ccccc3s2)cc1. The zero-order valence-corrected chi connectivity index (χ0v) is 17.5. The topological polar surface area (TPSA) is 59.5 Å². The molecule has 4 rings (SSSR count). The summed E-state index contributed by atoms with van der Waals surface area (Å²) in [6, 6.07) is 24.5. The molecule has 0 aliphatic carbocycles. The molecule has 1 heterocycles. The van der Waals surface area contributed by atoms with E-state index in [2.05, 4.69) is 4.98 Å². The fourth-order valence-corrected chi connectivity index (χ4v) is 5.80. The number of benzene rings is 3. The van der Waals surface area contributed by atoms with Crippen LogP contribution >= 0.6 is 11.3 Å². The Morgan fingerprint density at radius 3 is 2.14 bits per heavy atom. The van der Waals surface area contributed by atoms with E-state index in [0.717, 1.165) is 21.6 Å². The number of hydrogen-bond acceptors (Lipinski definition) is 5. The van der Waals surface area contributed by atoms with Crippen LogP contribution in [0.1, 0.15) is 11.1 Å². The van der Waals surface area contributed by atoms with Crippen molar-refractivity contribution in [2.24, 2.45) is 0 Å². The van der Waals surface area contributed by atoms with Crippen LogP contribution in [0.2, 0.25) is 0 Å². The van der Waals surface area contributed by atoms with E-state index in [0.29, 0.717) is 5.52 Å². The molecule has 148 valence electrons. The first-order valence-electron chi connectivity index (χ1n) is 9.09. The predicted molar refractivity (Wildman–Crippen MR) is 115 cm³/mol. The van der Waals surface area contributed by atoms with Gasteiger partial charge in [-0.25, -0.2) is 13.4 Å². The number of methoxy groups -OCH3 is 1. The second kappa shape index (κ2) is 8.32. The van der Waals surface area contributed by atoms with Crippen molar-refractivity contribution in [1.29, 1.82) is 0 Å². The molecule has 0 atom stereocenters.